The number of hydrogen-bond donors (Lipinski definition) is 1. The molecule has 0 aromatic carbocycles. The molecule has 1 aliphatic heterocycles. The third-order valence-corrected chi connectivity index (χ3v) is 3.80. The molecular weight excluding hydrogens is 272 g/mol. The highest BCUT2D eigenvalue weighted by Gasteiger charge is 2.36. The zero-order chi connectivity index (χ0) is 15.6. The molecule has 0 saturated heterocycles. The molecule has 112 valence electrons. The Morgan fingerprint density at radius 2 is 1.90 bits per heavy atom. The van der Waals surface area contributed by atoms with Crippen LogP contribution in [0.2, 0.25) is 0 Å². The molecule has 0 atom stereocenters. The summed E-state index contributed by atoms with van der Waals surface area (Å²) in [7, 11) is 0. The number of hydrogen-bond acceptors (Lipinski definition) is 4. The highest BCUT2D eigenvalue weighted by atomic mass is 16.4. The monoisotopic (exact) mass is 290 g/mol. The number of amides is 2. The van der Waals surface area contributed by atoms with E-state index in [1.165, 1.54) is 17.3 Å². The van der Waals surface area contributed by atoms with Crippen LogP contribution in [0.3, 0.4) is 0 Å². The number of carbonyl (C=O) groups excluding carboxylic acids is 2. The molecule has 2 amide bonds. The molecule has 0 unspecified atom stereocenters. The van der Waals surface area contributed by atoms with E-state index in [4.69, 9.17) is 5.11 Å². The van der Waals surface area contributed by atoms with E-state index >= 15 is 0 Å². The normalized spacial score (nSPS) is 14.5. The van der Waals surface area contributed by atoms with Crippen molar-refractivity contribution in [3.05, 3.63) is 29.6 Å². The summed E-state index contributed by atoms with van der Waals surface area (Å²) in [5.41, 5.74) is 0.482. The molecule has 0 bridgehead atoms. The predicted molar refractivity (Wildman–Crippen MR) is 74.9 cm³/mol. The van der Waals surface area contributed by atoms with Crippen molar-refractivity contribution in [1.82, 2.24) is 9.88 Å². The molecule has 0 radical (unpaired) electrons. The van der Waals surface area contributed by atoms with E-state index in [0.717, 1.165) is 0 Å². The number of pyridine rings is 1. The molecule has 1 aromatic heterocycles. The summed E-state index contributed by atoms with van der Waals surface area (Å²) in [4.78, 5) is 40.1. The van der Waals surface area contributed by atoms with Gasteiger partial charge in [-0.15, -0.1) is 0 Å². The van der Waals surface area contributed by atoms with Gasteiger partial charge in [-0.3, -0.25) is 24.3 Å². The van der Waals surface area contributed by atoms with Gasteiger partial charge in [-0.2, -0.15) is 0 Å². The maximum absolute atomic E-state index is 12.2. The average Bonchev–Trinajstić information content (AvgIpc) is 2.68. The van der Waals surface area contributed by atoms with E-state index in [-0.39, 0.29) is 23.7 Å². The first-order chi connectivity index (χ1) is 9.82. The van der Waals surface area contributed by atoms with Crippen LogP contribution in [0, 0.1) is 5.41 Å². The lowest BCUT2D eigenvalue weighted by atomic mass is 9.84. The van der Waals surface area contributed by atoms with Crippen LogP contribution >= 0.6 is 0 Å². The van der Waals surface area contributed by atoms with Crippen molar-refractivity contribution >= 4 is 17.8 Å². The fraction of sp³-hybridized carbons (Fsp3) is 0.467. The molecule has 2 rings (SSSR count). The van der Waals surface area contributed by atoms with Gasteiger partial charge < -0.3 is 5.11 Å². The molecular formula is C15H18N2O4. The van der Waals surface area contributed by atoms with Gasteiger partial charge in [0.05, 0.1) is 11.1 Å². The maximum Gasteiger partial charge on any atom is 0.303 e. The Morgan fingerprint density at radius 1 is 1.24 bits per heavy atom. The van der Waals surface area contributed by atoms with Crippen LogP contribution in [0.1, 0.15) is 53.8 Å². The number of rotatable bonds is 6. The molecule has 1 aliphatic rings. The minimum absolute atomic E-state index is 0.0824. The van der Waals surface area contributed by atoms with Crippen LogP contribution < -0.4 is 0 Å². The molecule has 0 saturated carbocycles. The second-order valence-electron chi connectivity index (χ2n) is 5.99. The second kappa shape index (κ2) is 5.63. The van der Waals surface area contributed by atoms with Crippen LogP contribution in [-0.4, -0.2) is 39.3 Å². The molecule has 0 fully saturated rings. The first kappa shape index (κ1) is 15.2. The van der Waals surface area contributed by atoms with E-state index < -0.39 is 5.97 Å². The fourth-order valence-corrected chi connectivity index (χ4v) is 2.32. The van der Waals surface area contributed by atoms with Gasteiger partial charge in [-0.1, -0.05) is 13.8 Å². The van der Waals surface area contributed by atoms with Crippen molar-refractivity contribution in [2.75, 3.05) is 6.54 Å². The van der Waals surface area contributed by atoms with E-state index in [9.17, 15) is 14.4 Å². The van der Waals surface area contributed by atoms with Crippen LogP contribution in [-0.2, 0) is 4.79 Å². The van der Waals surface area contributed by atoms with Crippen molar-refractivity contribution < 1.29 is 19.5 Å². The molecule has 6 nitrogen and oxygen atoms in total. The van der Waals surface area contributed by atoms with Gasteiger partial charge in [-0.25, -0.2) is 0 Å². The Bertz CT molecular complexity index is 560. The zero-order valence-electron chi connectivity index (χ0n) is 12.1. The van der Waals surface area contributed by atoms with E-state index in [1.807, 2.05) is 13.8 Å². The van der Waals surface area contributed by atoms with Crippen molar-refractivity contribution in [3.8, 4) is 0 Å². The minimum atomic E-state index is -0.838. The fourth-order valence-electron chi connectivity index (χ4n) is 2.32. The van der Waals surface area contributed by atoms with Gasteiger partial charge in [0, 0.05) is 25.4 Å². The third kappa shape index (κ3) is 3.26. The van der Waals surface area contributed by atoms with Gasteiger partial charge in [0.15, 0.2) is 0 Å². The lowest BCUT2D eigenvalue weighted by molar-refractivity contribution is -0.137. The summed E-state index contributed by atoms with van der Waals surface area (Å²) in [5.74, 6) is -1.46. The highest BCUT2D eigenvalue weighted by molar-refractivity contribution is 6.21. The second-order valence-corrected chi connectivity index (χ2v) is 5.99. The number of aliphatic carboxylic acids is 1. The molecule has 1 N–H and O–H groups in total. The summed E-state index contributed by atoms with van der Waals surface area (Å²) in [5, 5.41) is 8.73. The Kier molecular flexibility index (Phi) is 4.06. The van der Waals surface area contributed by atoms with Crippen molar-refractivity contribution in [2.24, 2.45) is 5.41 Å². The number of carboxylic acid groups (broad SMARTS) is 1. The smallest absolute Gasteiger partial charge is 0.303 e. The van der Waals surface area contributed by atoms with Crippen molar-refractivity contribution in [2.45, 2.75) is 33.1 Å². The number of aromatic nitrogens is 1. The van der Waals surface area contributed by atoms with Gasteiger partial charge in [-0.05, 0) is 24.3 Å². The molecule has 0 aliphatic carbocycles. The SMILES string of the molecule is CC(C)(CCC(=O)O)CCN1C(=O)c2ccncc2C1=O. The van der Waals surface area contributed by atoms with Gasteiger partial charge >= 0.3 is 5.97 Å². The van der Waals surface area contributed by atoms with Gasteiger partial charge in [0.2, 0.25) is 0 Å². The van der Waals surface area contributed by atoms with Gasteiger partial charge in [0.25, 0.3) is 11.8 Å². The summed E-state index contributed by atoms with van der Waals surface area (Å²) in [6.07, 6.45) is 4.06. The van der Waals surface area contributed by atoms with Crippen LogP contribution in [0.15, 0.2) is 18.5 Å². The summed E-state index contributed by atoms with van der Waals surface area (Å²) < 4.78 is 0. The largest absolute Gasteiger partial charge is 0.481 e. The zero-order valence-corrected chi connectivity index (χ0v) is 12.1. The topological polar surface area (TPSA) is 87.6 Å². The quantitative estimate of drug-likeness (QED) is 0.809. The van der Waals surface area contributed by atoms with Crippen LogP contribution in [0.4, 0.5) is 0 Å². The Morgan fingerprint density at radius 3 is 2.52 bits per heavy atom. The number of imide groups is 1. The Hall–Kier alpha value is -2.24. The average molecular weight is 290 g/mol. The van der Waals surface area contributed by atoms with E-state index in [1.54, 1.807) is 6.07 Å². The van der Waals surface area contributed by atoms with Crippen molar-refractivity contribution in [1.29, 1.82) is 0 Å². The minimum Gasteiger partial charge on any atom is -0.481 e. The van der Waals surface area contributed by atoms with E-state index in [2.05, 4.69) is 4.98 Å². The van der Waals surface area contributed by atoms with Crippen LogP contribution in [0.5, 0.6) is 0 Å². The molecule has 21 heavy (non-hydrogen) atoms. The number of nitrogens with zero attached hydrogens (tertiary/aromatic N) is 2. The molecule has 6 heteroatoms. The van der Waals surface area contributed by atoms with E-state index in [0.29, 0.717) is 30.5 Å². The predicted octanol–water partition coefficient (Wildman–Crippen LogP) is 1.96. The molecule has 0 spiro atoms. The number of carbonyl (C=O) groups is 3. The Balaban J connectivity index is 2.01. The molecule has 1 aromatic rings. The Labute approximate surface area is 122 Å². The first-order valence-electron chi connectivity index (χ1n) is 6.84. The number of carboxylic acids is 1. The lowest BCUT2D eigenvalue weighted by Gasteiger charge is -2.26. The molecule has 2 heterocycles. The summed E-state index contributed by atoms with van der Waals surface area (Å²) in [6.45, 7) is 4.17. The van der Waals surface area contributed by atoms with Gasteiger partial charge in [0.1, 0.15) is 0 Å². The third-order valence-electron chi connectivity index (χ3n) is 3.80. The summed E-state index contributed by atoms with van der Waals surface area (Å²) >= 11 is 0. The first-order valence-corrected chi connectivity index (χ1v) is 6.84. The summed E-state index contributed by atoms with van der Waals surface area (Å²) in [6, 6.07) is 1.55. The standard InChI is InChI=1S/C15H18N2O4/c1-15(2,5-3-12(18)19)6-8-17-13(20)10-4-7-16-9-11(10)14(17)21/h4,7,9H,3,5-6,8H2,1-2H3,(H,18,19). The maximum atomic E-state index is 12.2. The highest BCUT2D eigenvalue weighted by Crippen LogP contribution is 2.29. The van der Waals surface area contributed by atoms with Crippen LogP contribution in [0.25, 0.3) is 0 Å². The number of fused-ring (bicyclic) bond motifs is 1. The van der Waals surface area contributed by atoms with Crippen molar-refractivity contribution in [3.63, 3.8) is 0 Å². The lowest BCUT2D eigenvalue weighted by Crippen LogP contribution is -2.33.